The Balaban J connectivity index is 2.01. The molecule has 0 aliphatic heterocycles. The number of nitrogens with one attached hydrogen (secondary N) is 2. The highest BCUT2D eigenvalue weighted by atomic mass is 32.1. The second-order valence-electron chi connectivity index (χ2n) is 4.96. The van der Waals surface area contributed by atoms with Crippen LogP contribution < -0.4 is 15.5 Å². The quantitative estimate of drug-likeness (QED) is 0.358. The van der Waals surface area contributed by atoms with E-state index in [0.29, 0.717) is 23.0 Å². The Morgan fingerprint density at radius 1 is 1.20 bits per heavy atom. The van der Waals surface area contributed by atoms with Gasteiger partial charge >= 0.3 is 5.97 Å². The zero-order valence-corrected chi connectivity index (χ0v) is 14.8. The lowest BCUT2D eigenvalue weighted by atomic mass is 10.1. The van der Waals surface area contributed by atoms with Crippen LogP contribution >= 0.6 is 12.2 Å². The summed E-state index contributed by atoms with van der Waals surface area (Å²) in [6.07, 6.45) is 1.64. The Bertz CT molecular complexity index is 760. The van der Waals surface area contributed by atoms with Crippen LogP contribution in [0.15, 0.2) is 53.6 Å². The van der Waals surface area contributed by atoms with E-state index in [4.69, 9.17) is 17.0 Å². The third-order valence-electron chi connectivity index (χ3n) is 3.29. The van der Waals surface area contributed by atoms with E-state index in [9.17, 15) is 4.79 Å². The summed E-state index contributed by atoms with van der Waals surface area (Å²) in [6.45, 7) is 0.370. The van der Waals surface area contributed by atoms with Crippen LogP contribution in [0, 0.1) is 0 Å². The molecule has 0 saturated carbocycles. The van der Waals surface area contributed by atoms with Gasteiger partial charge in [-0.3, -0.25) is 5.43 Å². The Labute approximate surface area is 151 Å². The standard InChI is InChI=1S/C18H19N3O3S/c1-19-18(25)21-20-11-15-5-3-4-6-16(15)24-12-13-7-9-14(10-8-13)17(22)23-2/h3-11H,12H2,1-2H3,(H2,19,21,25)/b20-11+. The van der Waals surface area contributed by atoms with E-state index in [2.05, 4.69) is 20.6 Å². The highest BCUT2D eigenvalue weighted by Gasteiger charge is 2.05. The number of thiocarbonyl (C=S) groups is 1. The summed E-state index contributed by atoms with van der Waals surface area (Å²) in [5, 5.41) is 7.26. The number of para-hydroxylation sites is 1. The Morgan fingerprint density at radius 3 is 2.60 bits per heavy atom. The summed E-state index contributed by atoms with van der Waals surface area (Å²) >= 11 is 4.96. The van der Waals surface area contributed by atoms with Gasteiger partial charge in [-0.15, -0.1) is 0 Å². The van der Waals surface area contributed by atoms with Gasteiger partial charge in [0.1, 0.15) is 12.4 Å². The number of carbonyl (C=O) groups excluding carboxylic acids is 1. The van der Waals surface area contributed by atoms with Crippen molar-refractivity contribution in [3.8, 4) is 5.75 Å². The third-order valence-corrected chi connectivity index (χ3v) is 3.58. The van der Waals surface area contributed by atoms with Crippen LogP contribution in [0.1, 0.15) is 21.5 Å². The Kier molecular flexibility index (Phi) is 6.91. The van der Waals surface area contributed by atoms with Crippen molar-refractivity contribution in [2.45, 2.75) is 6.61 Å². The predicted octanol–water partition coefficient (Wildman–Crippen LogP) is 2.48. The fourth-order valence-electron chi connectivity index (χ4n) is 1.95. The number of carbonyl (C=O) groups is 1. The highest BCUT2D eigenvalue weighted by Crippen LogP contribution is 2.18. The molecule has 0 atom stereocenters. The zero-order valence-electron chi connectivity index (χ0n) is 14.0. The highest BCUT2D eigenvalue weighted by molar-refractivity contribution is 7.80. The summed E-state index contributed by atoms with van der Waals surface area (Å²) in [5.41, 5.74) is 4.96. The second-order valence-corrected chi connectivity index (χ2v) is 5.37. The van der Waals surface area contributed by atoms with Crippen molar-refractivity contribution >= 4 is 29.5 Å². The second kappa shape index (κ2) is 9.39. The first-order chi connectivity index (χ1) is 12.1. The normalized spacial score (nSPS) is 10.3. The van der Waals surface area contributed by atoms with Gasteiger partial charge in [0.15, 0.2) is 5.11 Å². The number of methoxy groups -OCH3 is 1. The number of rotatable bonds is 6. The number of nitrogens with zero attached hydrogens (tertiary/aromatic N) is 1. The molecule has 0 spiro atoms. The van der Waals surface area contributed by atoms with Crippen molar-refractivity contribution in [3.63, 3.8) is 0 Å². The van der Waals surface area contributed by atoms with E-state index in [1.54, 1.807) is 25.4 Å². The fraction of sp³-hybridized carbons (Fsp3) is 0.167. The monoisotopic (exact) mass is 357 g/mol. The summed E-state index contributed by atoms with van der Waals surface area (Å²) in [7, 11) is 3.07. The van der Waals surface area contributed by atoms with Crippen molar-refractivity contribution in [1.29, 1.82) is 0 Å². The van der Waals surface area contributed by atoms with Crippen molar-refractivity contribution in [2.24, 2.45) is 5.10 Å². The number of hydrazone groups is 1. The Hall–Kier alpha value is -2.93. The number of benzene rings is 2. The van der Waals surface area contributed by atoms with Gasteiger partial charge in [-0.1, -0.05) is 24.3 Å². The molecule has 130 valence electrons. The van der Waals surface area contributed by atoms with E-state index in [-0.39, 0.29) is 5.97 Å². The van der Waals surface area contributed by atoms with E-state index in [1.165, 1.54) is 7.11 Å². The van der Waals surface area contributed by atoms with Crippen LogP contribution in [-0.4, -0.2) is 31.5 Å². The molecule has 0 aliphatic rings. The van der Waals surface area contributed by atoms with Crippen LogP contribution in [0.5, 0.6) is 5.75 Å². The minimum atomic E-state index is -0.360. The number of hydrogen-bond acceptors (Lipinski definition) is 5. The third kappa shape index (κ3) is 5.58. The van der Waals surface area contributed by atoms with Crippen molar-refractivity contribution in [3.05, 3.63) is 65.2 Å². The molecule has 0 radical (unpaired) electrons. The van der Waals surface area contributed by atoms with Gasteiger partial charge < -0.3 is 14.8 Å². The van der Waals surface area contributed by atoms with Crippen LogP contribution in [0.4, 0.5) is 0 Å². The van der Waals surface area contributed by atoms with Crippen LogP contribution in [0.25, 0.3) is 0 Å². The summed E-state index contributed by atoms with van der Waals surface area (Å²) < 4.78 is 10.5. The molecule has 0 aromatic heterocycles. The van der Waals surface area contributed by atoms with Gasteiger partial charge in [-0.05, 0) is 42.0 Å². The maximum atomic E-state index is 11.4. The molecular weight excluding hydrogens is 338 g/mol. The SMILES string of the molecule is CNC(=S)N/N=C/c1ccccc1OCc1ccc(C(=O)OC)cc1. The first-order valence-corrected chi connectivity index (χ1v) is 7.94. The topological polar surface area (TPSA) is 72.0 Å². The Morgan fingerprint density at radius 2 is 1.92 bits per heavy atom. The average molecular weight is 357 g/mol. The van der Waals surface area contributed by atoms with Crippen LogP contribution in [0.3, 0.4) is 0 Å². The molecule has 0 unspecified atom stereocenters. The first-order valence-electron chi connectivity index (χ1n) is 7.54. The number of esters is 1. The van der Waals surface area contributed by atoms with Gasteiger partial charge in [-0.2, -0.15) is 5.10 Å². The molecule has 2 N–H and O–H groups in total. The predicted molar refractivity (Wildman–Crippen MR) is 101 cm³/mol. The maximum absolute atomic E-state index is 11.4. The maximum Gasteiger partial charge on any atom is 0.337 e. The zero-order chi connectivity index (χ0) is 18.1. The molecule has 0 heterocycles. The van der Waals surface area contributed by atoms with Crippen molar-refractivity contribution in [2.75, 3.05) is 14.2 Å². The molecule has 0 amide bonds. The summed E-state index contributed by atoms with van der Waals surface area (Å²) in [6, 6.07) is 14.6. The minimum Gasteiger partial charge on any atom is -0.488 e. The lowest BCUT2D eigenvalue weighted by molar-refractivity contribution is 0.0600. The lowest BCUT2D eigenvalue weighted by Gasteiger charge is -2.09. The number of hydrogen-bond donors (Lipinski definition) is 2. The van der Waals surface area contributed by atoms with Gasteiger partial charge in [0.25, 0.3) is 0 Å². The van der Waals surface area contributed by atoms with E-state index in [0.717, 1.165) is 11.1 Å². The summed E-state index contributed by atoms with van der Waals surface area (Å²) in [5.74, 6) is 0.335. The van der Waals surface area contributed by atoms with E-state index >= 15 is 0 Å². The number of ether oxygens (including phenoxy) is 2. The van der Waals surface area contributed by atoms with Crippen LogP contribution in [0.2, 0.25) is 0 Å². The molecular formula is C18H19N3O3S. The van der Waals surface area contributed by atoms with Gasteiger partial charge in [0.2, 0.25) is 0 Å². The lowest BCUT2D eigenvalue weighted by Crippen LogP contribution is -2.28. The smallest absolute Gasteiger partial charge is 0.337 e. The molecule has 25 heavy (non-hydrogen) atoms. The largest absolute Gasteiger partial charge is 0.488 e. The summed E-state index contributed by atoms with van der Waals surface area (Å²) in [4.78, 5) is 11.4. The van der Waals surface area contributed by atoms with Crippen LogP contribution in [-0.2, 0) is 11.3 Å². The molecule has 6 nitrogen and oxygen atoms in total. The molecule has 0 fully saturated rings. The van der Waals surface area contributed by atoms with Gasteiger partial charge in [0, 0.05) is 12.6 Å². The molecule has 0 saturated heterocycles. The van der Waals surface area contributed by atoms with Gasteiger partial charge in [0.05, 0.1) is 18.9 Å². The van der Waals surface area contributed by atoms with Crippen molar-refractivity contribution in [1.82, 2.24) is 10.7 Å². The molecule has 7 heteroatoms. The van der Waals surface area contributed by atoms with E-state index in [1.807, 2.05) is 36.4 Å². The van der Waals surface area contributed by atoms with E-state index < -0.39 is 0 Å². The first kappa shape index (κ1) is 18.4. The average Bonchev–Trinajstić information content (AvgIpc) is 2.66. The fourth-order valence-corrected chi connectivity index (χ4v) is 2.00. The van der Waals surface area contributed by atoms with Crippen molar-refractivity contribution < 1.29 is 14.3 Å². The molecule has 2 aromatic rings. The minimum absolute atomic E-state index is 0.360. The van der Waals surface area contributed by atoms with Gasteiger partial charge in [-0.25, -0.2) is 4.79 Å². The molecule has 0 aliphatic carbocycles. The molecule has 2 rings (SSSR count). The molecule has 0 bridgehead atoms. The molecule has 2 aromatic carbocycles.